The SMILES string of the molecule is COC(=O)c1cc(N2CCN(C(=O)c3ccc(OC)c(OC)c3)CC2)ccc1NC(N)=O. The van der Waals surface area contributed by atoms with E-state index in [0.717, 1.165) is 5.69 Å². The highest BCUT2D eigenvalue weighted by Crippen LogP contribution is 2.29. The van der Waals surface area contributed by atoms with Gasteiger partial charge in [-0.15, -0.1) is 0 Å². The number of piperazine rings is 1. The molecule has 1 saturated heterocycles. The predicted molar refractivity (Wildman–Crippen MR) is 119 cm³/mol. The molecule has 3 N–H and O–H groups in total. The van der Waals surface area contributed by atoms with Crippen LogP contribution >= 0.6 is 0 Å². The zero-order valence-corrected chi connectivity index (χ0v) is 18.2. The average molecular weight is 442 g/mol. The Morgan fingerprint density at radius 3 is 2.19 bits per heavy atom. The van der Waals surface area contributed by atoms with Crippen molar-refractivity contribution in [3.05, 3.63) is 47.5 Å². The minimum absolute atomic E-state index is 0.0955. The normalized spacial score (nSPS) is 13.3. The van der Waals surface area contributed by atoms with Gasteiger partial charge in [0.25, 0.3) is 5.91 Å². The Labute approximate surface area is 185 Å². The van der Waals surface area contributed by atoms with Crippen LogP contribution in [0.4, 0.5) is 16.2 Å². The molecule has 0 aliphatic carbocycles. The van der Waals surface area contributed by atoms with Crippen LogP contribution in [0.2, 0.25) is 0 Å². The number of benzene rings is 2. The van der Waals surface area contributed by atoms with Crippen LogP contribution in [0.25, 0.3) is 0 Å². The average Bonchev–Trinajstić information content (AvgIpc) is 2.82. The van der Waals surface area contributed by atoms with E-state index < -0.39 is 12.0 Å². The number of urea groups is 1. The van der Waals surface area contributed by atoms with Gasteiger partial charge >= 0.3 is 12.0 Å². The first-order chi connectivity index (χ1) is 15.4. The highest BCUT2D eigenvalue weighted by Gasteiger charge is 2.24. The Hall–Kier alpha value is -3.95. The lowest BCUT2D eigenvalue weighted by Gasteiger charge is -2.36. The first kappa shape index (κ1) is 22.7. The number of hydrogen-bond acceptors (Lipinski definition) is 7. The van der Waals surface area contributed by atoms with Crippen molar-refractivity contribution in [3.63, 3.8) is 0 Å². The fourth-order valence-electron chi connectivity index (χ4n) is 3.57. The van der Waals surface area contributed by atoms with Gasteiger partial charge in [-0.2, -0.15) is 0 Å². The molecule has 0 radical (unpaired) electrons. The number of nitrogens with two attached hydrogens (primary N) is 1. The highest BCUT2D eigenvalue weighted by molar-refractivity contribution is 6.01. The molecular formula is C22H26N4O6. The maximum atomic E-state index is 12.9. The van der Waals surface area contributed by atoms with Crippen LogP contribution in [0.1, 0.15) is 20.7 Å². The van der Waals surface area contributed by atoms with Gasteiger partial charge in [0.15, 0.2) is 11.5 Å². The third-order valence-corrected chi connectivity index (χ3v) is 5.23. The molecule has 0 saturated carbocycles. The summed E-state index contributed by atoms with van der Waals surface area (Å²) in [5, 5.41) is 2.42. The molecule has 0 atom stereocenters. The molecule has 0 unspecified atom stereocenters. The number of rotatable bonds is 6. The Morgan fingerprint density at radius 1 is 0.906 bits per heavy atom. The lowest BCUT2D eigenvalue weighted by molar-refractivity contribution is 0.0601. The van der Waals surface area contributed by atoms with Crippen molar-refractivity contribution < 1.29 is 28.6 Å². The predicted octanol–water partition coefficient (Wildman–Crippen LogP) is 1.94. The van der Waals surface area contributed by atoms with Gasteiger partial charge in [-0.05, 0) is 36.4 Å². The Balaban J connectivity index is 1.72. The number of anilines is 2. The van der Waals surface area contributed by atoms with Gasteiger partial charge in [0.05, 0.1) is 32.6 Å². The first-order valence-electron chi connectivity index (χ1n) is 9.93. The number of carbonyl (C=O) groups is 3. The number of hydrogen-bond donors (Lipinski definition) is 2. The molecule has 0 bridgehead atoms. The van der Waals surface area contributed by atoms with Crippen LogP contribution in [-0.4, -0.2) is 70.3 Å². The van der Waals surface area contributed by atoms with Gasteiger partial charge in [0, 0.05) is 37.4 Å². The van der Waals surface area contributed by atoms with Crippen LogP contribution < -0.4 is 25.4 Å². The summed E-state index contributed by atoms with van der Waals surface area (Å²) in [5.41, 5.74) is 6.95. The molecule has 170 valence electrons. The van der Waals surface area contributed by atoms with Crippen molar-refractivity contribution in [3.8, 4) is 11.5 Å². The number of nitrogens with zero attached hydrogens (tertiary/aromatic N) is 2. The van der Waals surface area contributed by atoms with E-state index in [9.17, 15) is 14.4 Å². The van der Waals surface area contributed by atoms with E-state index in [1.807, 2.05) is 0 Å². The highest BCUT2D eigenvalue weighted by atomic mass is 16.5. The summed E-state index contributed by atoms with van der Waals surface area (Å²) in [5.74, 6) is 0.376. The number of esters is 1. The largest absolute Gasteiger partial charge is 0.493 e. The van der Waals surface area contributed by atoms with Gasteiger partial charge in [0.2, 0.25) is 0 Å². The minimum Gasteiger partial charge on any atom is -0.493 e. The molecule has 2 aromatic carbocycles. The summed E-state index contributed by atoms with van der Waals surface area (Å²) in [6, 6.07) is 9.34. The zero-order valence-electron chi connectivity index (χ0n) is 18.2. The Kier molecular flexibility index (Phi) is 7.04. The summed E-state index contributed by atoms with van der Waals surface area (Å²) in [6.45, 7) is 2.15. The summed E-state index contributed by atoms with van der Waals surface area (Å²) in [4.78, 5) is 40.1. The molecule has 0 spiro atoms. The second kappa shape index (κ2) is 9.90. The van der Waals surface area contributed by atoms with Crippen molar-refractivity contribution in [1.82, 2.24) is 4.90 Å². The Morgan fingerprint density at radius 2 is 1.59 bits per heavy atom. The molecular weight excluding hydrogens is 416 g/mol. The maximum Gasteiger partial charge on any atom is 0.340 e. The Bertz CT molecular complexity index is 1020. The second-order valence-corrected chi connectivity index (χ2v) is 7.06. The number of amides is 3. The lowest BCUT2D eigenvalue weighted by Crippen LogP contribution is -2.48. The van der Waals surface area contributed by atoms with Gasteiger partial charge < -0.3 is 35.1 Å². The molecule has 3 rings (SSSR count). The van der Waals surface area contributed by atoms with Crippen LogP contribution in [0.5, 0.6) is 11.5 Å². The van der Waals surface area contributed by atoms with Crippen molar-refractivity contribution in [2.45, 2.75) is 0 Å². The fraction of sp³-hybridized carbons (Fsp3) is 0.318. The smallest absolute Gasteiger partial charge is 0.340 e. The summed E-state index contributed by atoms with van der Waals surface area (Å²) >= 11 is 0. The van der Waals surface area contributed by atoms with Crippen LogP contribution in [-0.2, 0) is 4.74 Å². The molecule has 3 amide bonds. The van der Waals surface area contributed by atoms with E-state index in [0.29, 0.717) is 43.2 Å². The third kappa shape index (κ3) is 4.85. The maximum absolute atomic E-state index is 12.9. The van der Waals surface area contributed by atoms with Gasteiger partial charge in [-0.1, -0.05) is 0 Å². The second-order valence-electron chi connectivity index (χ2n) is 7.06. The monoisotopic (exact) mass is 442 g/mol. The molecule has 0 aromatic heterocycles. The molecule has 10 heteroatoms. The zero-order chi connectivity index (χ0) is 23.3. The quantitative estimate of drug-likeness (QED) is 0.655. The lowest BCUT2D eigenvalue weighted by atomic mass is 10.1. The van der Waals surface area contributed by atoms with Gasteiger partial charge in [-0.25, -0.2) is 9.59 Å². The molecule has 1 fully saturated rings. The molecule has 1 aliphatic heterocycles. The molecule has 1 aliphatic rings. The number of ether oxygens (including phenoxy) is 3. The molecule has 10 nitrogen and oxygen atoms in total. The van der Waals surface area contributed by atoms with Crippen molar-refractivity contribution in [1.29, 1.82) is 0 Å². The molecule has 2 aromatic rings. The molecule has 1 heterocycles. The summed E-state index contributed by atoms with van der Waals surface area (Å²) < 4.78 is 15.3. The minimum atomic E-state index is -0.773. The van der Waals surface area contributed by atoms with E-state index in [-0.39, 0.29) is 17.2 Å². The number of primary amides is 1. The van der Waals surface area contributed by atoms with E-state index in [1.54, 1.807) is 48.4 Å². The van der Waals surface area contributed by atoms with Crippen LogP contribution in [0.3, 0.4) is 0 Å². The summed E-state index contributed by atoms with van der Waals surface area (Å²) in [7, 11) is 4.33. The third-order valence-electron chi connectivity index (χ3n) is 5.23. The topological polar surface area (TPSA) is 123 Å². The van der Waals surface area contributed by atoms with E-state index in [4.69, 9.17) is 19.9 Å². The van der Waals surface area contributed by atoms with Gasteiger partial charge in [0.1, 0.15) is 0 Å². The van der Waals surface area contributed by atoms with Crippen molar-refractivity contribution in [2.24, 2.45) is 5.73 Å². The van der Waals surface area contributed by atoms with E-state index in [2.05, 4.69) is 10.2 Å². The van der Waals surface area contributed by atoms with Crippen LogP contribution in [0.15, 0.2) is 36.4 Å². The number of carbonyl (C=O) groups excluding carboxylic acids is 3. The van der Waals surface area contributed by atoms with Crippen LogP contribution in [0, 0.1) is 0 Å². The molecule has 32 heavy (non-hydrogen) atoms. The number of methoxy groups -OCH3 is 3. The van der Waals surface area contributed by atoms with E-state index in [1.165, 1.54) is 14.2 Å². The first-order valence-corrected chi connectivity index (χ1v) is 9.93. The fourth-order valence-corrected chi connectivity index (χ4v) is 3.57. The van der Waals surface area contributed by atoms with Gasteiger partial charge in [-0.3, -0.25) is 4.79 Å². The van der Waals surface area contributed by atoms with Crippen molar-refractivity contribution in [2.75, 3.05) is 57.7 Å². The standard InChI is InChI=1S/C22H26N4O6/c1-30-18-7-4-14(12-19(18)31-2)20(27)26-10-8-25(9-11-26)15-5-6-17(24-22(23)29)16(13-15)21(28)32-3/h4-7,12-13H,8-11H2,1-3H3,(H3,23,24,29). The van der Waals surface area contributed by atoms with E-state index >= 15 is 0 Å². The summed E-state index contributed by atoms with van der Waals surface area (Å²) in [6.07, 6.45) is 0. The van der Waals surface area contributed by atoms with Crippen molar-refractivity contribution >= 4 is 29.3 Å². The number of nitrogens with one attached hydrogen (secondary N) is 1.